The summed E-state index contributed by atoms with van der Waals surface area (Å²) in [6.07, 6.45) is 5.42. The van der Waals surface area contributed by atoms with Crippen molar-refractivity contribution < 1.29 is 44.3 Å². The number of nitrogens with zero attached hydrogens (tertiary/aromatic N) is 1. The van der Waals surface area contributed by atoms with Gasteiger partial charge >= 0.3 is 23.9 Å². The Morgan fingerprint density at radius 3 is 2.03 bits per heavy atom. The van der Waals surface area contributed by atoms with Crippen LogP contribution in [0.5, 0.6) is 0 Å². The average Bonchev–Trinajstić information content (AvgIpc) is 2.82. The Kier molecular flexibility index (Phi) is 13.0. The zero-order chi connectivity index (χ0) is 28.2. The number of carboxylic acids is 3. The van der Waals surface area contributed by atoms with Gasteiger partial charge in [-0.15, -0.1) is 0 Å². The van der Waals surface area contributed by atoms with Crippen molar-refractivity contribution in [1.29, 1.82) is 0 Å². The molecule has 206 valence electrons. The van der Waals surface area contributed by atoms with E-state index in [1.807, 2.05) is 30.3 Å². The lowest BCUT2D eigenvalue weighted by atomic mass is 9.80. The quantitative estimate of drug-likeness (QED) is 0.237. The minimum Gasteiger partial charge on any atom is -0.481 e. The van der Waals surface area contributed by atoms with Gasteiger partial charge in [0.2, 0.25) is 0 Å². The molecule has 0 bridgehead atoms. The molecule has 3 atom stereocenters. The number of carbonyl (C=O) groups is 4. The maximum Gasteiger partial charge on any atom is 0.336 e. The molecule has 0 aromatic heterocycles. The molecule has 0 spiro atoms. The minimum atomic E-state index is -2.74. The molecule has 0 aliphatic heterocycles. The lowest BCUT2D eigenvalue weighted by Crippen LogP contribution is -2.42. The van der Waals surface area contributed by atoms with Gasteiger partial charge in [-0.2, -0.15) is 0 Å². The predicted octanol–water partition coefficient (Wildman–Crippen LogP) is 3.15. The predicted molar refractivity (Wildman–Crippen MR) is 136 cm³/mol. The van der Waals surface area contributed by atoms with Gasteiger partial charge in [-0.1, -0.05) is 42.5 Å². The van der Waals surface area contributed by atoms with Crippen molar-refractivity contribution in [2.24, 2.45) is 5.92 Å². The van der Waals surface area contributed by atoms with Crippen LogP contribution in [0.3, 0.4) is 0 Å². The van der Waals surface area contributed by atoms with Gasteiger partial charge in [-0.3, -0.25) is 19.3 Å². The van der Waals surface area contributed by atoms with Crippen LogP contribution in [0, 0.1) is 5.92 Å². The van der Waals surface area contributed by atoms with E-state index in [2.05, 4.69) is 44.9 Å². The highest BCUT2D eigenvalue weighted by Gasteiger charge is 2.40. The first-order valence-electron chi connectivity index (χ1n) is 12.3. The Bertz CT molecular complexity index is 913. The van der Waals surface area contributed by atoms with Crippen LogP contribution in [0.25, 0.3) is 0 Å². The van der Waals surface area contributed by atoms with Crippen LogP contribution >= 0.6 is 0 Å². The fraction of sp³-hybridized carbons (Fsp3) is 0.556. The van der Waals surface area contributed by atoms with Crippen LogP contribution in [0.2, 0.25) is 0 Å². The van der Waals surface area contributed by atoms with E-state index >= 15 is 0 Å². The van der Waals surface area contributed by atoms with Crippen molar-refractivity contribution in [2.45, 2.75) is 76.5 Å². The van der Waals surface area contributed by atoms with E-state index in [1.165, 1.54) is 0 Å². The largest absolute Gasteiger partial charge is 0.481 e. The lowest BCUT2D eigenvalue weighted by molar-refractivity contribution is -0.170. The Balaban J connectivity index is 0.000000448. The monoisotopic (exact) mass is 521 g/mol. The fourth-order valence-electron chi connectivity index (χ4n) is 3.97. The number of benzene rings is 1. The SMILES string of the molecule is CC(C)N(C)C(C)COC(=O)C(c1ccccc1)C1C=CCCC1.O=C(O)CC(O)(CC(=O)O)C(=O)O. The molecule has 10 nitrogen and oxygen atoms in total. The first-order chi connectivity index (χ1) is 17.3. The van der Waals surface area contributed by atoms with E-state index in [-0.39, 0.29) is 23.8 Å². The molecule has 4 N–H and O–H groups in total. The fourth-order valence-corrected chi connectivity index (χ4v) is 3.97. The van der Waals surface area contributed by atoms with Crippen molar-refractivity contribution in [2.75, 3.05) is 13.7 Å². The van der Waals surface area contributed by atoms with Gasteiger partial charge in [0.05, 0.1) is 18.8 Å². The zero-order valence-electron chi connectivity index (χ0n) is 21.9. The standard InChI is InChI=1S/C21H31NO2.C6H8O7/c1-16(2)22(4)17(3)15-24-21(23)20(18-11-7-5-8-12-18)19-13-9-6-10-14-19;7-3(8)1-6(13,5(11)12)2-4(9)10/h5,7-9,11-13,16-17,19-20H,6,10,14-15H2,1-4H3;13H,1-2H2,(H,7,8)(H,9,10)(H,11,12). The molecule has 3 unspecified atom stereocenters. The number of esters is 1. The van der Waals surface area contributed by atoms with Crippen molar-refractivity contribution in [3.63, 3.8) is 0 Å². The Morgan fingerprint density at radius 1 is 1.03 bits per heavy atom. The molecule has 0 amide bonds. The maximum atomic E-state index is 12.9. The molecule has 0 saturated heterocycles. The molecule has 1 aliphatic carbocycles. The van der Waals surface area contributed by atoms with Gasteiger partial charge in [0.15, 0.2) is 5.60 Å². The molecule has 0 radical (unpaired) electrons. The summed E-state index contributed by atoms with van der Waals surface area (Å²) in [5.74, 6) is -5.07. The van der Waals surface area contributed by atoms with E-state index in [9.17, 15) is 19.2 Å². The zero-order valence-corrected chi connectivity index (χ0v) is 21.9. The van der Waals surface area contributed by atoms with E-state index in [1.54, 1.807) is 0 Å². The first kappa shape index (κ1) is 31.8. The highest BCUT2D eigenvalue weighted by Crippen LogP contribution is 2.33. The molecular weight excluding hydrogens is 482 g/mol. The number of rotatable bonds is 12. The number of aliphatic carboxylic acids is 3. The summed E-state index contributed by atoms with van der Waals surface area (Å²) >= 11 is 0. The van der Waals surface area contributed by atoms with Crippen LogP contribution < -0.4 is 0 Å². The third kappa shape index (κ3) is 10.7. The Labute approximate surface area is 217 Å². The molecule has 37 heavy (non-hydrogen) atoms. The third-order valence-corrected chi connectivity index (χ3v) is 6.39. The summed E-state index contributed by atoms with van der Waals surface area (Å²) in [5.41, 5.74) is -1.68. The van der Waals surface area contributed by atoms with E-state index in [0.29, 0.717) is 12.6 Å². The van der Waals surface area contributed by atoms with Crippen molar-refractivity contribution in [3.8, 4) is 0 Å². The number of ether oxygens (including phenoxy) is 1. The van der Waals surface area contributed by atoms with Gasteiger partial charge in [-0.25, -0.2) is 4.79 Å². The smallest absolute Gasteiger partial charge is 0.336 e. The molecule has 1 aliphatic rings. The number of hydrogen-bond donors (Lipinski definition) is 4. The highest BCUT2D eigenvalue weighted by molar-refractivity contribution is 5.88. The first-order valence-corrected chi connectivity index (χ1v) is 12.3. The van der Waals surface area contributed by atoms with Crippen molar-refractivity contribution in [3.05, 3.63) is 48.0 Å². The van der Waals surface area contributed by atoms with Gasteiger partial charge in [0, 0.05) is 12.1 Å². The molecule has 2 rings (SSSR count). The third-order valence-electron chi connectivity index (χ3n) is 6.39. The second-order valence-electron chi connectivity index (χ2n) is 9.63. The van der Waals surface area contributed by atoms with Crippen molar-refractivity contribution in [1.82, 2.24) is 4.90 Å². The number of likely N-dealkylation sites (N-methyl/N-ethyl adjacent to an activating group) is 1. The van der Waals surface area contributed by atoms with Crippen molar-refractivity contribution >= 4 is 23.9 Å². The number of allylic oxidation sites excluding steroid dienone is 2. The minimum absolute atomic E-state index is 0.0956. The molecular formula is C27H39NO9. The second kappa shape index (κ2) is 15.1. The van der Waals surface area contributed by atoms with E-state index in [4.69, 9.17) is 25.2 Å². The summed E-state index contributed by atoms with van der Waals surface area (Å²) in [6, 6.07) is 10.7. The lowest BCUT2D eigenvalue weighted by Gasteiger charge is -2.30. The van der Waals surface area contributed by atoms with E-state index in [0.717, 1.165) is 24.8 Å². The summed E-state index contributed by atoms with van der Waals surface area (Å²) in [5, 5.41) is 33.8. The summed E-state index contributed by atoms with van der Waals surface area (Å²) in [6.45, 7) is 6.84. The van der Waals surface area contributed by atoms with Crippen LogP contribution in [0.1, 0.15) is 64.4 Å². The van der Waals surface area contributed by atoms with Crippen LogP contribution in [-0.2, 0) is 23.9 Å². The van der Waals surface area contributed by atoms with Gasteiger partial charge in [-0.05, 0) is 58.6 Å². The van der Waals surface area contributed by atoms with Crippen LogP contribution in [0.15, 0.2) is 42.5 Å². The van der Waals surface area contributed by atoms with Gasteiger partial charge in [0.25, 0.3) is 0 Å². The summed E-state index contributed by atoms with van der Waals surface area (Å²) in [7, 11) is 2.07. The topological polar surface area (TPSA) is 162 Å². The van der Waals surface area contributed by atoms with Gasteiger partial charge < -0.3 is 25.2 Å². The summed E-state index contributed by atoms with van der Waals surface area (Å²) < 4.78 is 5.73. The normalized spacial score (nSPS) is 16.9. The molecule has 0 heterocycles. The Hall–Kier alpha value is -3.24. The molecule has 10 heteroatoms. The Morgan fingerprint density at radius 2 is 1.59 bits per heavy atom. The molecule has 0 saturated carbocycles. The second-order valence-corrected chi connectivity index (χ2v) is 9.63. The van der Waals surface area contributed by atoms with Crippen LogP contribution in [0.4, 0.5) is 0 Å². The average molecular weight is 522 g/mol. The summed E-state index contributed by atoms with van der Waals surface area (Å²) in [4.78, 5) is 45.6. The maximum absolute atomic E-state index is 12.9. The highest BCUT2D eigenvalue weighted by atomic mass is 16.5. The molecule has 0 fully saturated rings. The van der Waals surface area contributed by atoms with E-state index < -0.39 is 36.4 Å². The number of hydrogen-bond acceptors (Lipinski definition) is 7. The molecule has 1 aromatic rings. The number of carbonyl (C=O) groups excluding carboxylic acids is 1. The number of carboxylic acid groups (broad SMARTS) is 3. The molecule has 1 aromatic carbocycles. The van der Waals surface area contributed by atoms with Gasteiger partial charge in [0.1, 0.15) is 6.61 Å². The number of aliphatic hydroxyl groups is 1. The van der Waals surface area contributed by atoms with Crippen LogP contribution in [-0.4, -0.2) is 80.5 Å².